The summed E-state index contributed by atoms with van der Waals surface area (Å²) in [7, 11) is 0. The van der Waals surface area contributed by atoms with Crippen LogP contribution in [0.2, 0.25) is 0 Å². The molecule has 0 fully saturated rings. The van der Waals surface area contributed by atoms with Crippen LogP contribution in [0.5, 0.6) is 5.75 Å². The van der Waals surface area contributed by atoms with E-state index in [4.69, 9.17) is 10.00 Å². The first-order valence-corrected chi connectivity index (χ1v) is 7.03. The molecule has 1 N–H and O–H groups in total. The molecule has 22 heavy (non-hydrogen) atoms. The minimum Gasteiger partial charge on any atom is -0.480 e. The zero-order chi connectivity index (χ0) is 15.9. The highest BCUT2D eigenvalue weighted by Gasteiger charge is 2.18. The third-order valence-electron chi connectivity index (χ3n) is 3.09. The van der Waals surface area contributed by atoms with Crippen LogP contribution in [0.15, 0.2) is 42.7 Å². The molecule has 0 saturated carbocycles. The van der Waals surface area contributed by atoms with Crippen LogP contribution >= 0.6 is 0 Å². The van der Waals surface area contributed by atoms with Gasteiger partial charge in [-0.1, -0.05) is 12.1 Å². The molecule has 0 bridgehead atoms. The molecule has 0 radical (unpaired) electrons. The number of aromatic nitrogens is 2. The first-order valence-electron chi connectivity index (χ1n) is 7.03. The third kappa shape index (κ3) is 4.09. The Bertz CT molecular complexity index is 661. The monoisotopic (exact) mass is 298 g/mol. The van der Waals surface area contributed by atoms with Gasteiger partial charge in [0.05, 0.1) is 12.1 Å². The highest BCUT2D eigenvalue weighted by Crippen LogP contribution is 2.18. The van der Waals surface area contributed by atoms with Crippen LogP contribution in [0, 0.1) is 11.3 Å². The van der Waals surface area contributed by atoms with Gasteiger partial charge >= 0.3 is 0 Å². The normalized spacial score (nSPS) is 13.0. The lowest BCUT2D eigenvalue weighted by atomic mass is 10.2. The third-order valence-corrected chi connectivity index (χ3v) is 3.09. The second kappa shape index (κ2) is 7.27. The largest absolute Gasteiger partial charge is 0.480 e. The van der Waals surface area contributed by atoms with Crippen molar-refractivity contribution in [3.05, 3.63) is 48.3 Å². The van der Waals surface area contributed by atoms with Gasteiger partial charge in [0.15, 0.2) is 6.10 Å². The van der Waals surface area contributed by atoms with Gasteiger partial charge in [0.1, 0.15) is 11.8 Å². The van der Waals surface area contributed by atoms with Crippen molar-refractivity contribution in [1.29, 1.82) is 5.26 Å². The average Bonchev–Trinajstić information content (AvgIpc) is 3.00. The van der Waals surface area contributed by atoms with Crippen molar-refractivity contribution >= 4 is 5.91 Å². The Morgan fingerprint density at radius 3 is 2.86 bits per heavy atom. The molecule has 0 spiro atoms. The SMILES string of the molecule is C[C@H](Cn1cccn1)NC(=O)[C@H](C)Oc1ccccc1C#N. The molecule has 114 valence electrons. The summed E-state index contributed by atoms with van der Waals surface area (Å²) < 4.78 is 7.33. The molecule has 0 aliphatic rings. The molecule has 2 atom stereocenters. The fraction of sp³-hybridized carbons (Fsp3) is 0.312. The van der Waals surface area contributed by atoms with Crippen LogP contribution < -0.4 is 10.1 Å². The molecule has 0 saturated heterocycles. The predicted octanol–water partition coefficient (Wildman–Crippen LogP) is 1.73. The molecule has 0 aliphatic carbocycles. The van der Waals surface area contributed by atoms with E-state index >= 15 is 0 Å². The summed E-state index contributed by atoms with van der Waals surface area (Å²) in [6, 6.07) is 10.6. The van der Waals surface area contributed by atoms with Crippen LogP contribution in [0.3, 0.4) is 0 Å². The molecule has 2 aromatic rings. The van der Waals surface area contributed by atoms with Gasteiger partial charge in [-0.2, -0.15) is 10.4 Å². The van der Waals surface area contributed by atoms with Crippen molar-refractivity contribution in [3.8, 4) is 11.8 Å². The Morgan fingerprint density at radius 1 is 1.41 bits per heavy atom. The van der Waals surface area contributed by atoms with E-state index in [1.165, 1.54) is 0 Å². The zero-order valence-electron chi connectivity index (χ0n) is 12.6. The molecular weight excluding hydrogens is 280 g/mol. The number of nitriles is 1. The number of nitrogens with one attached hydrogen (secondary N) is 1. The lowest BCUT2D eigenvalue weighted by Gasteiger charge is -2.19. The van der Waals surface area contributed by atoms with E-state index < -0.39 is 6.10 Å². The molecule has 1 aromatic heterocycles. The van der Waals surface area contributed by atoms with E-state index in [1.54, 1.807) is 42.1 Å². The van der Waals surface area contributed by atoms with Gasteiger partial charge in [-0.25, -0.2) is 0 Å². The smallest absolute Gasteiger partial charge is 0.261 e. The number of rotatable bonds is 6. The summed E-state index contributed by atoms with van der Waals surface area (Å²) in [6.45, 7) is 4.14. The van der Waals surface area contributed by atoms with Crippen molar-refractivity contribution < 1.29 is 9.53 Å². The Kier molecular flexibility index (Phi) is 5.15. The van der Waals surface area contributed by atoms with Crippen molar-refractivity contribution in [3.63, 3.8) is 0 Å². The fourth-order valence-corrected chi connectivity index (χ4v) is 2.00. The quantitative estimate of drug-likeness (QED) is 0.880. The van der Waals surface area contributed by atoms with E-state index in [2.05, 4.69) is 10.4 Å². The zero-order valence-corrected chi connectivity index (χ0v) is 12.6. The van der Waals surface area contributed by atoms with E-state index in [9.17, 15) is 4.79 Å². The first-order chi connectivity index (χ1) is 10.6. The first kappa shape index (κ1) is 15.6. The number of carbonyl (C=O) groups excluding carboxylic acids is 1. The number of carbonyl (C=O) groups is 1. The van der Waals surface area contributed by atoms with Gasteiger partial charge in [0.25, 0.3) is 5.91 Å². The van der Waals surface area contributed by atoms with E-state index in [0.717, 1.165) is 0 Å². The van der Waals surface area contributed by atoms with Crippen molar-refractivity contribution in [2.75, 3.05) is 0 Å². The maximum Gasteiger partial charge on any atom is 0.261 e. The summed E-state index contributed by atoms with van der Waals surface area (Å²) >= 11 is 0. The standard InChI is InChI=1S/C16H18N4O2/c1-12(11-20-9-5-8-18-20)19-16(21)13(2)22-15-7-4-3-6-14(15)10-17/h3-9,12-13H,11H2,1-2H3,(H,19,21)/t12-,13+/m1/s1. The molecule has 0 unspecified atom stereocenters. The van der Waals surface area contributed by atoms with Crippen LogP contribution in [0.25, 0.3) is 0 Å². The Morgan fingerprint density at radius 2 is 2.18 bits per heavy atom. The lowest BCUT2D eigenvalue weighted by Crippen LogP contribution is -2.43. The molecule has 6 heteroatoms. The Labute approximate surface area is 129 Å². The summed E-state index contributed by atoms with van der Waals surface area (Å²) in [5.41, 5.74) is 0.409. The number of para-hydroxylation sites is 1. The summed E-state index contributed by atoms with van der Waals surface area (Å²) in [5, 5.41) is 16.0. The van der Waals surface area contributed by atoms with Gasteiger partial charge in [0, 0.05) is 18.4 Å². The number of amides is 1. The van der Waals surface area contributed by atoms with Gasteiger partial charge in [-0.05, 0) is 32.0 Å². The molecule has 6 nitrogen and oxygen atoms in total. The number of hydrogen-bond donors (Lipinski definition) is 1. The molecule has 2 rings (SSSR count). The van der Waals surface area contributed by atoms with Crippen LogP contribution in [0.1, 0.15) is 19.4 Å². The van der Waals surface area contributed by atoms with Crippen LogP contribution in [-0.2, 0) is 11.3 Å². The fourth-order valence-electron chi connectivity index (χ4n) is 2.00. The number of hydrogen-bond acceptors (Lipinski definition) is 4. The molecular formula is C16H18N4O2. The maximum atomic E-state index is 12.1. The second-order valence-electron chi connectivity index (χ2n) is 5.01. The van der Waals surface area contributed by atoms with Crippen molar-refractivity contribution in [2.45, 2.75) is 32.5 Å². The maximum absolute atomic E-state index is 12.1. The van der Waals surface area contributed by atoms with Gasteiger partial charge in [-0.3, -0.25) is 9.48 Å². The van der Waals surface area contributed by atoms with Crippen LogP contribution in [0.4, 0.5) is 0 Å². The average molecular weight is 298 g/mol. The lowest BCUT2D eigenvalue weighted by molar-refractivity contribution is -0.128. The number of benzene rings is 1. The Hall–Kier alpha value is -2.81. The minimum absolute atomic E-state index is 0.0790. The van der Waals surface area contributed by atoms with Gasteiger partial charge in [-0.15, -0.1) is 0 Å². The van der Waals surface area contributed by atoms with Crippen molar-refractivity contribution in [2.24, 2.45) is 0 Å². The van der Waals surface area contributed by atoms with E-state index in [1.807, 2.05) is 25.3 Å². The number of ether oxygens (including phenoxy) is 1. The Balaban J connectivity index is 1.90. The molecule has 1 heterocycles. The predicted molar refractivity (Wildman–Crippen MR) is 81.1 cm³/mol. The van der Waals surface area contributed by atoms with Gasteiger partial charge < -0.3 is 10.1 Å². The van der Waals surface area contributed by atoms with E-state index in [0.29, 0.717) is 17.9 Å². The van der Waals surface area contributed by atoms with Crippen LogP contribution in [-0.4, -0.2) is 27.8 Å². The van der Waals surface area contributed by atoms with E-state index in [-0.39, 0.29) is 11.9 Å². The summed E-state index contributed by atoms with van der Waals surface area (Å²) in [4.78, 5) is 12.1. The molecule has 0 aliphatic heterocycles. The van der Waals surface area contributed by atoms with Gasteiger partial charge in [0.2, 0.25) is 0 Å². The minimum atomic E-state index is -0.686. The molecule has 1 aromatic carbocycles. The van der Waals surface area contributed by atoms with Crippen molar-refractivity contribution in [1.82, 2.24) is 15.1 Å². The summed E-state index contributed by atoms with van der Waals surface area (Å²) in [5.74, 6) is 0.180. The summed E-state index contributed by atoms with van der Waals surface area (Å²) in [6.07, 6.45) is 2.85. The topological polar surface area (TPSA) is 79.9 Å². The number of nitrogens with zero attached hydrogens (tertiary/aromatic N) is 3. The second-order valence-corrected chi connectivity index (χ2v) is 5.01. The molecule has 1 amide bonds. The highest BCUT2D eigenvalue weighted by atomic mass is 16.5. The highest BCUT2D eigenvalue weighted by molar-refractivity contribution is 5.81.